The molecule has 146 valence electrons. The molecular formula is C20H27N3O2S2. The van der Waals surface area contributed by atoms with Gasteiger partial charge in [-0.3, -0.25) is 4.79 Å². The van der Waals surface area contributed by atoms with E-state index in [-0.39, 0.29) is 11.9 Å². The van der Waals surface area contributed by atoms with Crippen LogP contribution in [-0.2, 0) is 10.2 Å². The molecule has 3 N–H and O–H groups in total. The Labute approximate surface area is 169 Å². The first kappa shape index (κ1) is 20.2. The Morgan fingerprint density at radius 3 is 2.37 bits per heavy atom. The number of benzene rings is 1. The molecule has 0 saturated carbocycles. The minimum absolute atomic E-state index is 0.0370. The zero-order chi connectivity index (χ0) is 19.1. The van der Waals surface area contributed by atoms with Gasteiger partial charge in [-0.05, 0) is 55.8 Å². The molecule has 0 bridgehead atoms. The largest absolute Gasteiger partial charge is 0.483 e. The number of aromatic nitrogens is 1. The SMILES string of the molecule is Nc1nc(C2(c3ccccc3)CCN(C3CCSCC3)CC2)cs1.O=CO. The Kier molecular flexibility index (Phi) is 7.15. The van der Waals surface area contributed by atoms with Gasteiger partial charge in [-0.15, -0.1) is 11.3 Å². The van der Waals surface area contributed by atoms with Gasteiger partial charge < -0.3 is 15.7 Å². The predicted octanol–water partition coefficient (Wildman–Crippen LogP) is 3.70. The lowest BCUT2D eigenvalue weighted by molar-refractivity contribution is -0.122. The van der Waals surface area contributed by atoms with Crippen LogP contribution in [0.5, 0.6) is 0 Å². The molecule has 2 aliphatic rings. The van der Waals surface area contributed by atoms with Gasteiger partial charge in [0.1, 0.15) is 0 Å². The summed E-state index contributed by atoms with van der Waals surface area (Å²) in [4.78, 5) is 15.8. The van der Waals surface area contributed by atoms with Crippen LogP contribution in [0.3, 0.4) is 0 Å². The number of likely N-dealkylation sites (tertiary alicyclic amines) is 1. The summed E-state index contributed by atoms with van der Waals surface area (Å²) in [7, 11) is 0. The topological polar surface area (TPSA) is 79.5 Å². The first-order valence-corrected chi connectivity index (χ1v) is 11.4. The van der Waals surface area contributed by atoms with Crippen LogP contribution in [0.25, 0.3) is 0 Å². The molecule has 27 heavy (non-hydrogen) atoms. The van der Waals surface area contributed by atoms with Gasteiger partial charge in [-0.25, -0.2) is 4.98 Å². The van der Waals surface area contributed by atoms with Crippen LogP contribution in [0.1, 0.15) is 36.9 Å². The third-order valence-corrected chi connectivity index (χ3v) is 7.42. The van der Waals surface area contributed by atoms with Crippen molar-refractivity contribution in [2.75, 3.05) is 30.3 Å². The van der Waals surface area contributed by atoms with Gasteiger partial charge in [-0.2, -0.15) is 11.8 Å². The summed E-state index contributed by atoms with van der Waals surface area (Å²) in [6, 6.07) is 11.7. The van der Waals surface area contributed by atoms with E-state index >= 15 is 0 Å². The molecular weight excluding hydrogens is 378 g/mol. The lowest BCUT2D eigenvalue weighted by atomic mass is 9.70. The number of thiazole rings is 1. The van der Waals surface area contributed by atoms with Gasteiger partial charge in [0.05, 0.1) is 5.69 Å². The Morgan fingerprint density at radius 1 is 1.19 bits per heavy atom. The van der Waals surface area contributed by atoms with E-state index < -0.39 is 0 Å². The molecule has 2 fully saturated rings. The van der Waals surface area contributed by atoms with Crippen LogP contribution < -0.4 is 5.73 Å². The van der Waals surface area contributed by atoms with Gasteiger partial charge in [0, 0.05) is 16.8 Å². The van der Waals surface area contributed by atoms with Crippen molar-refractivity contribution in [2.24, 2.45) is 0 Å². The zero-order valence-corrected chi connectivity index (χ0v) is 17.1. The Morgan fingerprint density at radius 2 is 1.81 bits per heavy atom. The molecule has 1 aromatic carbocycles. The van der Waals surface area contributed by atoms with E-state index in [4.69, 9.17) is 20.6 Å². The van der Waals surface area contributed by atoms with E-state index in [2.05, 4.69) is 52.4 Å². The fraction of sp³-hybridized carbons (Fsp3) is 0.500. The standard InChI is InChI=1S/C19H25N3S2.CH2O2/c20-18-21-17(14-24-18)19(15-4-2-1-3-5-15)8-10-22(11-9-19)16-6-12-23-13-7-16;2-1-3/h1-5,14,16H,6-13H2,(H2,20,21);1H,(H,2,3). The molecule has 0 atom stereocenters. The van der Waals surface area contributed by atoms with Gasteiger partial charge in [0.15, 0.2) is 5.13 Å². The number of thioether (sulfide) groups is 1. The van der Waals surface area contributed by atoms with Crippen LogP contribution in [0, 0.1) is 0 Å². The number of hydrogen-bond donors (Lipinski definition) is 2. The molecule has 3 heterocycles. The van der Waals surface area contributed by atoms with Crippen molar-refractivity contribution in [2.45, 2.75) is 37.1 Å². The zero-order valence-electron chi connectivity index (χ0n) is 15.4. The van der Waals surface area contributed by atoms with Crippen molar-refractivity contribution in [1.82, 2.24) is 9.88 Å². The van der Waals surface area contributed by atoms with Gasteiger partial charge >= 0.3 is 0 Å². The third kappa shape index (κ3) is 4.65. The lowest BCUT2D eigenvalue weighted by Gasteiger charge is -2.45. The molecule has 2 aliphatic heterocycles. The van der Waals surface area contributed by atoms with Crippen molar-refractivity contribution < 1.29 is 9.90 Å². The van der Waals surface area contributed by atoms with Gasteiger partial charge in [-0.1, -0.05) is 30.3 Å². The molecule has 0 amide bonds. The molecule has 0 spiro atoms. The number of nitrogens with zero attached hydrogens (tertiary/aromatic N) is 2. The number of nitrogen functional groups attached to an aromatic ring is 1. The Hall–Kier alpha value is -1.57. The number of anilines is 1. The normalized spacial score (nSPS) is 20.4. The van der Waals surface area contributed by atoms with Crippen molar-refractivity contribution >= 4 is 34.7 Å². The van der Waals surface area contributed by atoms with Gasteiger partial charge in [0.2, 0.25) is 0 Å². The van der Waals surface area contributed by atoms with E-state index in [0.717, 1.165) is 18.9 Å². The maximum absolute atomic E-state index is 8.36. The molecule has 5 nitrogen and oxygen atoms in total. The number of hydrogen-bond acceptors (Lipinski definition) is 6. The molecule has 1 aromatic heterocycles. The number of carboxylic acid groups (broad SMARTS) is 1. The average molecular weight is 406 g/mol. The van der Waals surface area contributed by atoms with Crippen molar-refractivity contribution in [3.63, 3.8) is 0 Å². The molecule has 0 aliphatic carbocycles. The summed E-state index contributed by atoms with van der Waals surface area (Å²) >= 11 is 3.68. The maximum atomic E-state index is 8.36. The minimum atomic E-state index is -0.250. The van der Waals surface area contributed by atoms with E-state index in [1.165, 1.54) is 48.7 Å². The molecule has 4 rings (SSSR count). The maximum Gasteiger partial charge on any atom is 0.290 e. The summed E-state index contributed by atoms with van der Waals surface area (Å²) in [5.41, 5.74) is 8.57. The van der Waals surface area contributed by atoms with Crippen LogP contribution in [0.15, 0.2) is 35.7 Å². The van der Waals surface area contributed by atoms with Crippen LogP contribution in [-0.4, -0.2) is 52.1 Å². The number of rotatable bonds is 3. The highest BCUT2D eigenvalue weighted by Crippen LogP contribution is 2.43. The molecule has 0 unspecified atom stereocenters. The van der Waals surface area contributed by atoms with Crippen LogP contribution in [0.2, 0.25) is 0 Å². The summed E-state index contributed by atoms with van der Waals surface area (Å²) in [6.45, 7) is 2.09. The first-order valence-electron chi connectivity index (χ1n) is 9.36. The number of piperidine rings is 1. The summed E-state index contributed by atoms with van der Waals surface area (Å²) in [5.74, 6) is 2.65. The minimum Gasteiger partial charge on any atom is -0.483 e. The fourth-order valence-electron chi connectivity index (χ4n) is 4.28. The second-order valence-corrected chi connectivity index (χ2v) is 9.12. The van der Waals surface area contributed by atoms with Crippen LogP contribution >= 0.6 is 23.1 Å². The lowest BCUT2D eigenvalue weighted by Crippen LogP contribution is -2.48. The highest BCUT2D eigenvalue weighted by Gasteiger charge is 2.41. The monoisotopic (exact) mass is 405 g/mol. The van der Waals surface area contributed by atoms with Crippen molar-refractivity contribution in [3.05, 3.63) is 47.0 Å². The highest BCUT2D eigenvalue weighted by atomic mass is 32.2. The summed E-state index contributed by atoms with van der Waals surface area (Å²) in [6.07, 6.45) is 4.99. The highest BCUT2D eigenvalue weighted by molar-refractivity contribution is 7.99. The van der Waals surface area contributed by atoms with E-state index in [1.54, 1.807) is 11.3 Å². The fourth-order valence-corrected chi connectivity index (χ4v) is 6.02. The molecule has 2 saturated heterocycles. The van der Waals surface area contributed by atoms with Crippen molar-refractivity contribution in [3.8, 4) is 0 Å². The Balaban J connectivity index is 0.000000659. The van der Waals surface area contributed by atoms with Crippen LogP contribution in [0.4, 0.5) is 5.13 Å². The summed E-state index contributed by atoms with van der Waals surface area (Å²) < 4.78 is 0. The number of nitrogens with two attached hydrogens (primary N) is 1. The molecule has 0 radical (unpaired) electrons. The van der Waals surface area contributed by atoms with Gasteiger partial charge in [0.25, 0.3) is 6.47 Å². The second kappa shape index (κ2) is 9.57. The smallest absolute Gasteiger partial charge is 0.290 e. The quantitative estimate of drug-likeness (QED) is 0.758. The first-order chi connectivity index (χ1) is 13.2. The van der Waals surface area contributed by atoms with E-state index in [0.29, 0.717) is 5.13 Å². The van der Waals surface area contributed by atoms with Crippen molar-refractivity contribution in [1.29, 1.82) is 0 Å². The Bertz CT molecular complexity index is 709. The van der Waals surface area contributed by atoms with E-state index in [1.807, 2.05) is 0 Å². The molecule has 2 aromatic rings. The molecule has 7 heteroatoms. The summed E-state index contributed by atoms with van der Waals surface area (Å²) in [5, 5.41) is 9.75. The third-order valence-electron chi connectivity index (χ3n) is 5.70. The number of carbonyl (C=O) groups is 1. The average Bonchev–Trinajstić information content (AvgIpc) is 3.17. The predicted molar refractivity (Wildman–Crippen MR) is 114 cm³/mol. The second-order valence-electron chi connectivity index (χ2n) is 7.00. The van der Waals surface area contributed by atoms with E-state index in [9.17, 15) is 0 Å².